The monoisotopic (exact) mass is 258 g/mol. The third-order valence-corrected chi connectivity index (χ3v) is 3.17. The van der Waals surface area contributed by atoms with Crippen LogP contribution in [0.1, 0.15) is 36.2 Å². The quantitative estimate of drug-likeness (QED) is 0.888. The summed E-state index contributed by atoms with van der Waals surface area (Å²) >= 11 is 0. The topological polar surface area (TPSA) is 24.9 Å². The molecule has 100 valence electrons. The van der Waals surface area contributed by atoms with Crippen molar-refractivity contribution in [2.24, 2.45) is 0 Å². The minimum absolute atomic E-state index is 0.210. The molecule has 0 spiro atoms. The average molecular weight is 258 g/mol. The van der Waals surface area contributed by atoms with Crippen molar-refractivity contribution in [2.45, 2.75) is 25.8 Å². The third-order valence-electron chi connectivity index (χ3n) is 3.17. The Morgan fingerprint density at radius 3 is 2.79 bits per heavy atom. The van der Waals surface area contributed by atoms with E-state index in [0.717, 1.165) is 18.4 Å². The van der Waals surface area contributed by atoms with E-state index < -0.39 is 0 Å². The SMILES string of the molecule is CCCc1cccc(C(NC)c2ncccc2F)c1. The summed E-state index contributed by atoms with van der Waals surface area (Å²) in [5, 5.41) is 3.14. The second-order valence-corrected chi connectivity index (χ2v) is 4.59. The van der Waals surface area contributed by atoms with Crippen LogP contribution in [0.25, 0.3) is 0 Å². The van der Waals surface area contributed by atoms with Gasteiger partial charge in [0.1, 0.15) is 5.82 Å². The minimum atomic E-state index is -0.275. The Kier molecular flexibility index (Phi) is 4.63. The number of nitrogens with zero attached hydrogens (tertiary/aromatic N) is 1. The van der Waals surface area contributed by atoms with Crippen LogP contribution in [0.15, 0.2) is 42.6 Å². The zero-order chi connectivity index (χ0) is 13.7. The van der Waals surface area contributed by atoms with Crippen LogP contribution >= 0.6 is 0 Å². The van der Waals surface area contributed by atoms with Crippen molar-refractivity contribution >= 4 is 0 Å². The van der Waals surface area contributed by atoms with E-state index in [0.29, 0.717) is 5.69 Å². The van der Waals surface area contributed by atoms with E-state index >= 15 is 0 Å². The predicted molar refractivity (Wildman–Crippen MR) is 75.5 cm³/mol. The molecule has 1 heterocycles. The summed E-state index contributed by atoms with van der Waals surface area (Å²) in [6.07, 6.45) is 3.76. The number of nitrogens with one attached hydrogen (secondary N) is 1. The first-order chi connectivity index (χ1) is 9.26. The number of hydrogen-bond donors (Lipinski definition) is 1. The molecule has 1 atom stereocenters. The van der Waals surface area contributed by atoms with Crippen molar-refractivity contribution in [2.75, 3.05) is 7.05 Å². The maximum Gasteiger partial charge on any atom is 0.146 e. The van der Waals surface area contributed by atoms with E-state index in [9.17, 15) is 4.39 Å². The van der Waals surface area contributed by atoms with E-state index in [-0.39, 0.29) is 11.9 Å². The second-order valence-electron chi connectivity index (χ2n) is 4.59. The van der Waals surface area contributed by atoms with Crippen LogP contribution in [0, 0.1) is 5.82 Å². The van der Waals surface area contributed by atoms with Crippen LogP contribution in [0.3, 0.4) is 0 Å². The molecule has 0 aliphatic carbocycles. The minimum Gasteiger partial charge on any atom is -0.308 e. The van der Waals surface area contributed by atoms with Crippen molar-refractivity contribution < 1.29 is 4.39 Å². The third kappa shape index (κ3) is 3.18. The van der Waals surface area contributed by atoms with Gasteiger partial charge in [0.25, 0.3) is 0 Å². The lowest BCUT2D eigenvalue weighted by Crippen LogP contribution is -2.20. The summed E-state index contributed by atoms with van der Waals surface area (Å²) in [7, 11) is 1.82. The Bertz CT molecular complexity index is 540. The Hall–Kier alpha value is -1.74. The Morgan fingerprint density at radius 1 is 1.26 bits per heavy atom. The van der Waals surface area contributed by atoms with Crippen molar-refractivity contribution in [1.82, 2.24) is 10.3 Å². The normalized spacial score (nSPS) is 12.4. The van der Waals surface area contributed by atoms with Gasteiger partial charge in [-0.05, 0) is 36.7 Å². The lowest BCUT2D eigenvalue weighted by Gasteiger charge is -2.17. The fourth-order valence-corrected chi connectivity index (χ4v) is 2.29. The molecule has 0 saturated carbocycles. The largest absolute Gasteiger partial charge is 0.308 e. The van der Waals surface area contributed by atoms with Crippen LogP contribution in [-0.4, -0.2) is 12.0 Å². The van der Waals surface area contributed by atoms with E-state index in [4.69, 9.17) is 0 Å². The van der Waals surface area contributed by atoms with Gasteiger partial charge in [-0.3, -0.25) is 4.98 Å². The van der Waals surface area contributed by atoms with Gasteiger partial charge in [-0.1, -0.05) is 37.6 Å². The maximum atomic E-state index is 13.9. The van der Waals surface area contributed by atoms with Crippen LogP contribution in [0.2, 0.25) is 0 Å². The Labute approximate surface area is 113 Å². The number of halogens is 1. The Balaban J connectivity index is 2.37. The van der Waals surface area contributed by atoms with Crippen molar-refractivity contribution in [3.8, 4) is 0 Å². The average Bonchev–Trinajstić information content (AvgIpc) is 2.43. The molecule has 3 heteroatoms. The smallest absolute Gasteiger partial charge is 0.146 e. The highest BCUT2D eigenvalue weighted by Crippen LogP contribution is 2.23. The summed E-state index contributed by atoms with van der Waals surface area (Å²) in [6, 6.07) is 11.1. The predicted octanol–water partition coefficient (Wildman–Crippen LogP) is 3.48. The van der Waals surface area contributed by atoms with Gasteiger partial charge in [0.05, 0.1) is 11.7 Å². The van der Waals surface area contributed by atoms with Gasteiger partial charge in [-0.15, -0.1) is 0 Å². The number of benzene rings is 1. The summed E-state index contributed by atoms with van der Waals surface area (Å²) in [5.74, 6) is -0.275. The lowest BCUT2D eigenvalue weighted by atomic mass is 9.99. The molecule has 2 aromatic rings. The van der Waals surface area contributed by atoms with Gasteiger partial charge < -0.3 is 5.32 Å². The van der Waals surface area contributed by atoms with Gasteiger partial charge in [-0.25, -0.2) is 4.39 Å². The first-order valence-corrected chi connectivity index (χ1v) is 6.62. The summed E-state index contributed by atoms with van der Waals surface area (Å²) in [5.41, 5.74) is 2.77. The summed E-state index contributed by atoms with van der Waals surface area (Å²) < 4.78 is 13.9. The number of aromatic nitrogens is 1. The molecule has 1 unspecified atom stereocenters. The fraction of sp³-hybridized carbons (Fsp3) is 0.312. The summed E-state index contributed by atoms with van der Waals surface area (Å²) in [4.78, 5) is 4.16. The molecule has 1 aromatic heterocycles. The standard InChI is InChI=1S/C16H19FN2/c1-3-6-12-7-4-8-13(11-12)15(18-2)16-14(17)9-5-10-19-16/h4-5,7-11,15,18H,3,6H2,1-2H3. The summed E-state index contributed by atoms with van der Waals surface area (Å²) in [6.45, 7) is 2.15. The van der Waals surface area contributed by atoms with Crippen molar-refractivity contribution in [3.05, 3.63) is 65.2 Å². The molecule has 0 radical (unpaired) electrons. The number of rotatable bonds is 5. The van der Waals surface area contributed by atoms with Gasteiger partial charge in [0.15, 0.2) is 0 Å². The van der Waals surface area contributed by atoms with Crippen LogP contribution < -0.4 is 5.32 Å². The first-order valence-electron chi connectivity index (χ1n) is 6.62. The van der Waals surface area contributed by atoms with Crippen LogP contribution in [0.4, 0.5) is 4.39 Å². The number of pyridine rings is 1. The molecule has 19 heavy (non-hydrogen) atoms. The lowest BCUT2D eigenvalue weighted by molar-refractivity contribution is 0.559. The van der Waals surface area contributed by atoms with Crippen LogP contribution in [0.5, 0.6) is 0 Å². The fourth-order valence-electron chi connectivity index (χ4n) is 2.29. The van der Waals surface area contributed by atoms with E-state index in [1.165, 1.54) is 11.6 Å². The van der Waals surface area contributed by atoms with Crippen LogP contribution in [-0.2, 0) is 6.42 Å². The molecule has 1 aromatic carbocycles. The molecule has 2 nitrogen and oxygen atoms in total. The zero-order valence-corrected chi connectivity index (χ0v) is 11.4. The van der Waals surface area contributed by atoms with Gasteiger partial charge in [0.2, 0.25) is 0 Å². The van der Waals surface area contributed by atoms with Crippen molar-refractivity contribution in [3.63, 3.8) is 0 Å². The molecular weight excluding hydrogens is 239 g/mol. The van der Waals surface area contributed by atoms with E-state index in [1.807, 2.05) is 19.2 Å². The highest BCUT2D eigenvalue weighted by atomic mass is 19.1. The first kappa shape index (κ1) is 13.7. The molecule has 2 rings (SSSR count). The molecule has 0 fully saturated rings. The number of hydrogen-bond acceptors (Lipinski definition) is 2. The van der Waals surface area contributed by atoms with Gasteiger partial charge >= 0.3 is 0 Å². The molecule has 0 amide bonds. The van der Waals surface area contributed by atoms with E-state index in [2.05, 4.69) is 29.4 Å². The molecule has 0 saturated heterocycles. The molecule has 0 aliphatic rings. The highest BCUT2D eigenvalue weighted by molar-refractivity contribution is 5.32. The number of aryl methyl sites for hydroxylation is 1. The maximum absolute atomic E-state index is 13.9. The van der Waals surface area contributed by atoms with Gasteiger partial charge in [0, 0.05) is 6.20 Å². The van der Waals surface area contributed by atoms with E-state index in [1.54, 1.807) is 12.3 Å². The molecular formula is C16H19FN2. The Morgan fingerprint density at radius 2 is 2.11 bits per heavy atom. The molecule has 1 N–H and O–H groups in total. The van der Waals surface area contributed by atoms with Gasteiger partial charge in [-0.2, -0.15) is 0 Å². The second kappa shape index (κ2) is 6.43. The zero-order valence-electron chi connectivity index (χ0n) is 11.4. The highest BCUT2D eigenvalue weighted by Gasteiger charge is 2.17. The molecule has 0 bridgehead atoms. The van der Waals surface area contributed by atoms with Crippen molar-refractivity contribution in [1.29, 1.82) is 0 Å². The molecule has 0 aliphatic heterocycles.